The number of sulfonamides is 1. The first-order valence-corrected chi connectivity index (χ1v) is 15.5. The van der Waals surface area contributed by atoms with Crippen LogP contribution in [0.2, 0.25) is 0 Å². The van der Waals surface area contributed by atoms with Crippen molar-refractivity contribution in [1.29, 1.82) is 0 Å². The molecule has 3 aromatic carbocycles. The van der Waals surface area contributed by atoms with Gasteiger partial charge in [0.05, 0.1) is 25.8 Å². The van der Waals surface area contributed by atoms with Crippen molar-refractivity contribution >= 4 is 39.0 Å². The van der Waals surface area contributed by atoms with Crippen LogP contribution in [0.25, 0.3) is 0 Å². The van der Waals surface area contributed by atoms with Crippen LogP contribution in [0.5, 0.6) is 5.75 Å². The topological polar surface area (TPSA) is 117 Å². The highest BCUT2D eigenvalue weighted by Crippen LogP contribution is 2.31. The van der Waals surface area contributed by atoms with Crippen molar-refractivity contribution in [1.82, 2.24) is 4.72 Å². The van der Waals surface area contributed by atoms with Gasteiger partial charge in [-0.1, -0.05) is 30.3 Å². The molecule has 3 aromatic rings. The third kappa shape index (κ3) is 8.01. The molecule has 4 rings (SSSR count). The summed E-state index contributed by atoms with van der Waals surface area (Å²) < 4.78 is 40.6. The third-order valence-corrected chi connectivity index (χ3v) is 8.65. The number of carbonyl (C=O) groups excluding carboxylic acids is 2. The summed E-state index contributed by atoms with van der Waals surface area (Å²) in [5.41, 5.74) is 2.79. The van der Waals surface area contributed by atoms with Crippen LogP contribution in [0, 0.1) is 0 Å². The molecule has 0 saturated carbocycles. The molecular weight excluding hydrogens is 556 g/mol. The van der Waals surface area contributed by atoms with Gasteiger partial charge in [0.2, 0.25) is 15.9 Å². The number of hydrogen-bond donors (Lipinski definition) is 2. The Morgan fingerprint density at radius 3 is 2.21 bits per heavy atom. The maximum atomic E-state index is 13.8. The number of methoxy groups -OCH3 is 1. The van der Waals surface area contributed by atoms with Crippen molar-refractivity contribution in [3.05, 3.63) is 78.4 Å². The van der Waals surface area contributed by atoms with E-state index in [4.69, 9.17) is 9.47 Å². The molecule has 10 nitrogen and oxygen atoms in total. The number of carbonyl (C=O) groups is 2. The molecule has 224 valence electrons. The summed E-state index contributed by atoms with van der Waals surface area (Å²) in [4.78, 5) is 28.6. The Morgan fingerprint density at radius 1 is 0.905 bits per heavy atom. The van der Waals surface area contributed by atoms with Crippen molar-refractivity contribution in [3.63, 3.8) is 0 Å². The molecular formula is C31H38N4O6S. The first-order chi connectivity index (χ1) is 20.2. The van der Waals surface area contributed by atoms with Gasteiger partial charge in [0.1, 0.15) is 10.6 Å². The Hall–Kier alpha value is -4.09. The molecule has 1 heterocycles. The molecule has 0 radical (unpaired) electrons. The van der Waals surface area contributed by atoms with E-state index in [-0.39, 0.29) is 24.3 Å². The van der Waals surface area contributed by atoms with Gasteiger partial charge >= 0.3 is 5.97 Å². The Kier molecular flexibility index (Phi) is 10.4. The van der Waals surface area contributed by atoms with E-state index < -0.39 is 27.9 Å². The number of nitrogens with one attached hydrogen (secondary N) is 2. The number of hydrogen-bond acceptors (Lipinski definition) is 8. The summed E-state index contributed by atoms with van der Waals surface area (Å²) in [6.07, 6.45) is -0.128. The second kappa shape index (κ2) is 14.2. The summed E-state index contributed by atoms with van der Waals surface area (Å²) in [6, 6.07) is 21.6. The molecule has 1 unspecified atom stereocenters. The molecule has 1 amide bonds. The van der Waals surface area contributed by atoms with Gasteiger partial charge in [0.15, 0.2) is 0 Å². The van der Waals surface area contributed by atoms with E-state index in [1.165, 1.54) is 6.07 Å². The van der Waals surface area contributed by atoms with E-state index in [1.807, 2.05) is 59.5 Å². The lowest BCUT2D eigenvalue weighted by Crippen LogP contribution is -2.47. The van der Waals surface area contributed by atoms with Gasteiger partial charge in [0, 0.05) is 50.0 Å². The number of ether oxygens (including phenoxy) is 2. The normalized spacial score (nSPS) is 14.3. The maximum absolute atomic E-state index is 13.8. The first kappa shape index (κ1) is 30.9. The fraction of sp³-hybridized carbons (Fsp3) is 0.355. The summed E-state index contributed by atoms with van der Waals surface area (Å²) in [5.74, 6) is -0.0745. The van der Waals surface area contributed by atoms with E-state index in [0.29, 0.717) is 37.6 Å². The van der Waals surface area contributed by atoms with Crippen molar-refractivity contribution in [2.75, 3.05) is 55.0 Å². The van der Waals surface area contributed by atoms with Gasteiger partial charge in [-0.2, -0.15) is 0 Å². The SMILES string of the molecule is CCOC(=O)CCC(=O)Nc1ccc(N2CCN(c3ccc(OC)cc3)CC2)c(S(=O)(=O)NC(C)c2ccccc2)c1. The van der Waals surface area contributed by atoms with Crippen molar-refractivity contribution < 1.29 is 27.5 Å². The van der Waals surface area contributed by atoms with Gasteiger partial charge in [-0.3, -0.25) is 9.59 Å². The van der Waals surface area contributed by atoms with Crippen LogP contribution in [0.3, 0.4) is 0 Å². The van der Waals surface area contributed by atoms with Crippen LogP contribution >= 0.6 is 0 Å². The minimum atomic E-state index is -4.00. The zero-order chi connectivity index (χ0) is 30.1. The zero-order valence-electron chi connectivity index (χ0n) is 24.2. The number of anilines is 3. The van der Waals surface area contributed by atoms with Gasteiger partial charge in [-0.15, -0.1) is 0 Å². The number of amides is 1. The van der Waals surface area contributed by atoms with Crippen LogP contribution in [0.15, 0.2) is 77.7 Å². The average Bonchev–Trinajstić information content (AvgIpc) is 3.00. The number of rotatable bonds is 12. The largest absolute Gasteiger partial charge is 0.497 e. The Labute approximate surface area is 247 Å². The second-order valence-electron chi connectivity index (χ2n) is 9.96. The fourth-order valence-corrected chi connectivity index (χ4v) is 6.33. The lowest BCUT2D eigenvalue weighted by atomic mass is 10.1. The molecule has 0 spiro atoms. The molecule has 0 aromatic heterocycles. The van der Waals surface area contributed by atoms with Gasteiger partial charge in [-0.05, 0) is 61.9 Å². The zero-order valence-corrected chi connectivity index (χ0v) is 25.0. The highest BCUT2D eigenvalue weighted by atomic mass is 32.2. The summed E-state index contributed by atoms with van der Waals surface area (Å²) in [6.45, 7) is 6.35. The van der Waals surface area contributed by atoms with E-state index in [1.54, 1.807) is 33.1 Å². The lowest BCUT2D eigenvalue weighted by molar-refractivity contribution is -0.144. The fourth-order valence-electron chi connectivity index (χ4n) is 4.85. The predicted molar refractivity (Wildman–Crippen MR) is 164 cm³/mol. The molecule has 11 heteroatoms. The molecule has 1 aliphatic heterocycles. The maximum Gasteiger partial charge on any atom is 0.306 e. The first-order valence-electron chi connectivity index (χ1n) is 14.0. The minimum absolute atomic E-state index is 0.0580. The van der Waals surface area contributed by atoms with Crippen LogP contribution in [0.1, 0.15) is 38.3 Å². The molecule has 1 aliphatic rings. The van der Waals surface area contributed by atoms with Crippen molar-refractivity contribution in [2.45, 2.75) is 37.6 Å². The molecule has 42 heavy (non-hydrogen) atoms. The number of benzene rings is 3. The lowest BCUT2D eigenvalue weighted by Gasteiger charge is -2.38. The van der Waals surface area contributed by atoms with Crippen molar-refractivity contribution in [2.24, 2.45) is 0 Å². The smallest absolute Gasteiger partial charge is 0.306 e. The molecule has 1 atom stereocenters. The van der Waals surface area contributed by atoms with E-state index in [9.17, 15) is 18.0 Å². The molecule has 1 fully saturated rings. The molecule has 0 aliphatic carbocycles. The van der Waals surface area contributed by atoms with Gasteiger partial charge < -0.3 is 24.6 Å². The highest BCUT2D eigenvalue weighted by Gasteiger charge is 2.27. The van der Waals surface area contributed by atoms with E-state index in [0.717, 1.165) is 17.0 Å². The second-order valence-corrected chi connectivity index (χ2v) is 11.6. The minimum Gasteiger partial charge on any atom is -0.497 e. The Bertz CT molecular complexity index is 1460. The van der Waals surface area contributed by atoms with E-state index in [2.05, 4.69) is 14.9 Å². The average molecular weight is 595 g/mol. The molecule has 0 bridgehead atoms. The number of nitrogens with zero attached hydrogens (tertiary/aromatic N) is 2. The summed E-state index contributed by atoms with van der Waals surface area (Å²) >= 11 is 0. The third-order valence-electron chi connectivity index (χ3n) is 7.08. The highest BCUT2D eigenvalue weighted by molar-refractivity contribution is 7.89. The van der Waals surface area contributed by atoms with E-state index >= 15 is 0 Å². The van der Waals surface area contributed by atoms with Crippen molar-refractivity contribution in [3.8, 4) is 5.75 Å². The molecule has 1 saturated heterocycles. The summed E-state index contributed by atoms with van der Waals surface area (Å²) in [5, 5.41) is 2.73. The van der Waals surface area contributed by atoms with Crippen LogP contribution in [-0.2, 0) is 24.3 Å². The van der Waals surface area contributed by atoms with Crippen LogP contribution < -0.4 is 24.6 Å². The van der Waals surface area contributed by atoms with Gasteiger partial charge in [0.25, 0.3) is 0 Å². The molecule has 2 N–H and O–H groups in total. The van der Waals surface area contributed by atoms with Crippen LogP contribution in [0.4, 0.5) is 17.1 Å². The number of piperazine rings is 1. The quantitative estimate of drug-likeness (QED) is 0.298. The Morgan fingerprint density at radius 2 is 1.57 bits per heavy atom. The number of esters is 1. The predicted octanol–water partition coefficient (Wildman–Crippen LogP) is 4.34. The monoisotopic (exact) mass is 594 g/mol. The Balaban J connectivity index is 1.55. The summed E-state index contributed by atoms with van der Waals surface area (Å²) in [7, 11) is -2.36. The van der Waals surface area contributed by atoms with Gasteiger partial charge in [-0.25, -0.2) is 13.1 Å². The van der Waals surface area contributed by atoms with Crippen LogP contribution in [-0.4, -0.2) is 60.2 Å². The standard InChI is InChI=1S/C31H38N4O6S/c1-4-41-31(37)17-16-30(36)32-25-10-15-28(29(22-25)42(38,39)33-23(2)24-8-6-5-7-9-24)35-20-18-34(19-21-35)26-11-13-27(40-3)14-12-26/h5-15,22-23,33H,4,16-21H2,1-3H3,(H,32,36).